The average Bonchev–Trinajstić information content (AvgIpc) is 1.72. The zero-order chi connectivity index (χ0) is 6.97. The maximum atomic E-state index is 2.59. The second kappa shape index (κ2) is 2.54. The van der Waals surface area contributed by atoms with E-state index in [0.29, 0.717) is 0 Å². The monoisotopic (exact) mass is 139 g/mol. The van der Waals surface area contributed by atoms with Crippen molar-refractivity contribution in [2.45, 2.75) is 26.2 Å². The van der Waals surface area contributed by atoms with Crippen LogP contribution in [0.1, 0.15) is 26.2 Å². The van der Waals surface area contributed by atoms with Gasteiger partial charge in [0.25, 0.3) is 0 Å². The van der Waals surface area contributed by atoms with Crippen LogP contribution in [0.5, 0.6) is 0 Å². The normalized spacial score (nSPS) is 40.5. The Labute approximate surface area is 63.4 Å². The van der Waals surface area contributed by atoms with Gasteiger partial charge in [-0.2, -0.15) is 0 Å². The van der Waals surface area contributed by atoms with E-state index in [-0.39, 0.29) is 0 Å². The lowest BCUT2D eigenvalue weighted by molar-refractivity contribution is 0.0937. The van der Waals surface area contributed by atoms with Gasteiger partial charge >= 0.3 is 0 Å². The third-order valence-electron chi connectivity index (χ3n) is 2.94. The Balaban J connectivity index is 1.62. The molecule has 0 spiro atoms. The lowest BCUT2D eigenvalue weighted by Gasteiger charge is -2.40. The maximum Gasteiger partial charge on any atom is 0.000987 e. The first-order chi connectivity index (χ1) is 4.84. The van der Waals surface area contributed by atoms with Crippen molar-refractivity contribution in [3.05, 3.63) is 0 Å². The van der Waals surface area contributed by atoms with Crippen LogP contribution in [0.3, 0.4) is 0 Å². The van der Waals surface area contributed by atoms with Gasteiger partial charge in [0.05, 0.1) is 0 Å². The molecule has 10 heavy (non-hydrogen) atoms. The van der Waals surface area contributed by atoms with Crippen LogP contribution in [0.4, 0.5) is 0 Å². The molecule has 0 unspecified atom stereocenters. The second-order valence-electron chi connectivity index (χ2n) is 4.10. The van der Waals surface area contributed by atoms with Crippen LogP contribution in [0.25, 0.3) is 0 Å². The fourth-order valence-corrected chi connectivity index (χ4v) is 2.15. The molecular weight excluding hydrogens is 122 g/mol. The third kappa shape index (κ3) is 1.20. The Kier molecular flexibility index (Phi) is 1.69. The fourth-order valence-electron chi connectivity index (χ4n) is 2.15. The zero-order valence-electron chi connectivity index (χ0n) is 6.84. The van der Waals surface area contributed by atoms with Crippen molar-refractivity contribution in [2.75, 3.05) is 19.6 Å². The summed E-state index contributed by atoms with van der Waals surface area (Å²) in [5.74, 6) is 2.10. The SMILES string of the molecule is C[C@H]1C[C@@H](CN2CCC2)C1. The largest absolute Gasteiger partial charge is 0.303 e. The van der Waals surface area contributed by atoms with Gasteiger partial charge in [0.1, 0.15) is 0 Å². The van der Waals surface area contributed by atoms with Gasteiger partial charge in [-0.05, 0) is 44.2 Å². The summed E-state index contributed by atoms with van der Waals surface area (Å²) in [6.45, 7) is 6.53. The van der Waals surface area contributed by atoms with Gasteiger partial charge in [0, 0.05) is 6.54 Å². The number of hydrogen-bond acceptors (Lipinski definition) is 1. The highest BCUT2D eigenvalue weighted by atomic mass is 15.2. The van der Waals surface area contributed by atoms with Gasteiger partial charge < -0.3 is 4.90 Å². The highest BCUT2D eigenvalue weighted by Gasteiger charge is 2.28. The van der Waals surface area contributed by atoms with E-state index in [2.05, 4.69) is 11.8 Å². The Morgan fingerprint density at radius 1 is 1.30 bits per heavy atom. The quantitative estimate of drug-likeness (QED) is 0.563. The van der Waals surface area contributed by atoms with Crippen LogP contribution in [0.15, 0.2) is 0 Å². The minimum absolute atomic E-state index is 1.03. The molecule has 1 saturated carbocycles. The lowest BCUT2D eigenvalue weighted by atomic mass is 9.75. The van der Waals surface area contributed by atoms with E-state index in [1.165, 1.54) is 38.9 Å². The molecule has 1 heterocycles. The summed E-state index contributed by atoms with van der Waals surface area (Å²) >= 11 is 0. The van der Waals surface area contributed by atoms with Gasteiger partial charge in [0.15, 0.2) is 0 Å². The number of rotatable bonds is 2. The van der Waals surface area contributed by atoms with E-state index in [1.807, 2.05) is 0 Å². The first-order valence-corrected chi connectivity index (χ1v) is 4.57. The predicted molar refractivity (Wildman–Crippen MR) is 42.9 cm³/mol. The number of nitrogens with zero attached hydrogens (tertiary/aromatic N) is 1. The molecule has 0 atom stereocenters. The molecule has 1 aliphatic heterocycles. The molecule has 2 fully saturated rings. The minimum atomic E-state index is 1.03. The van der Waals surface area contributed by atoms with Gasteiger partial charge in [-0.25, -0.2) is 0 Å². The number of hydrogen-bond donors (Lipinski definition) is 0. The van der Waals surface area contributed by atoms with Crippen molar-refractivity contribution in [1.29, 1.82) is 0 Å². The third-order valence-corrected chi connectivity index (χ3v) is 2.94. The van der Waals surface area contributed by atoms with Crippen LogP contribution in [0, 0.1) is 11.8 Å². The molecule has 0 bridgehead atoms. The Bertz CT molecular complexity index is 112. The van der Waals surface area contributed by atoms with E-state index in [0.717, 1.165) is 11.8 Å². The Hall–Kier alpha value is -0.0400. The highest BCUT2D eigenvalue weighted by Crippen LogP contribution is 2.34. The lowest BCUT2D eigenvalue weighted by Crippen LogP contribution is -2.43. The molecule has 0 aromatic rings. The first kappa shape index (κ1) is 6.66. The summed E-state index contributed by atoms with van der Waals surface area (Å²) in [4.78, 5) is 2.59. The van der Waals surface area contributed by atoms with Crippen molar-refractivity contribution < 1.29 is 0 Å². The van der Waals surface area contributed by atoms with Crippen molar-refractivity contribution in [3.63, 3.8) is 0 Å². The molecule has 58 valence electrons. The van der Waals surface area contributed by atoms with Crippen LogP contribution >= 0.6 is 0 Å². The van der Waals surface area contributed by atoms with Crippen LogP contribution in [0.2, 0.25) is 0 Å². The van der Waals surface area contributed by atoms with E-state index in [9.17, 15) is 0 Å². The van der Waals surface area contributed by atoms with Crippen LogP contribution in [-0.4, -0.2) is 24.5 Å². The van der Waals surface area contributed by atoms with Gasteiger partial charge in [-0.3, -0.25) is 0 Å². The fraction of sp³-hybridized carbons (Fsp3) is 1.00. The first-order valence-electron chi connectivity index (χ1n) is 4.57. The van der Waals surface area contributed by atoms with Crippen molar-refractivity contribution >= 4 is 0 Å². The van der Waals surface area contributed by atoms with E-state index in [1.54, 1.807) is 0 Å². The molecule has 2 rings (SSSR count). The molecule has 0 aromatic heterocycles. The maximum absolute atomic E-state index is 2.59. The van der Waals surface area contributed by atoms with Crippen LogP contribution < -0.4 is 0 Å². The molecule has 0 radical (unpaired) electrons. The van der Waals surface area contributed by atoms with Crippen molar-refractivity contribution in [1.82, 2.24) is 4.90 Å². The van der Waals surface area contributed by atoms with Gasteiger partial charge in [-0.1, -0.05) is 6.92 Å². The van der Waals surface area contributed by atoms with Gasteiger partial charge in [0.2, 0.25) is 0 Å². The zero-order valence-corrected chi connectivity index (χ0v) is 6.84. The van der Waals surface area contributed by atoms with Gasteiger partial charge in [-0.15, -0.1) is 0 Å². The van der Waals surface area contributed by atoms with E-state index < -0.39 is 0 Å². The molecule has 1 nitrogen and oxygen atoms in total. The average molecular weight is 139 g/mol. The Morgan fingerprint density at radius 3 is 2.40 bits per heavy atom. The predicted octanol–water partition coefficient (Wildman–Crippen LogP) is 1.74. The summed E-state index contributed by atoms with van der Waals surface area (Å²) in [7, 11) is 0. The molecule has 0 amide bonds. The molecule has 1 saturated heterocycles. The molecule has 1 aliphatic carbocycles. The van der Waals surface area contributed by atoms with Crippen molar-refractivity contribution in [2.24, 2.45) is 11.8 Å². The molecular formula is C9H17N. The summed E-state index contributed by atoms with van der Waals surface area (Å²) in [5, 5.41) is 0. The van der Waals surface area contributed by atoms with E-state index >= 15 is 0 Å². The summed E-state index contributed by atoms with van der Waals surface area (Å²) in [6.07, 6.45) is 4.44. The molecule has 0 N–H and O–H groups in total. The molecule has 0 aromatic carbocycles. The highest BCUT2D eigenvalue weighted by molar-refractivity contribution is 4.81. The van der Waals surface area contributed by atoms with E-state index in [4.69, 9.17) is 0 Å². The minimum Gasteiger partial charge on any atom is -0.303 e. The smallest absolute Gasteiger partial charge is 0.000987 e. The topological polar surface area (TPSA) is 3.24 Å². The number of likely N-dealkylation sites (tertiary alicyclic amines) is 1. The standard InChI is InChI=1S/C9H17N/c1-8-5-9(6-8)7-10-3-2-4-10/h8-9H,2-7H2,1H3/t8-,9+. The summed E-state index contributed by atoms with van der Waals surface area (Å²) < 4.78 is 0. The molecule has 2 aliphatic rings. The van der Waals surface area contributed by atoms with Crippen LogP contribution in [-0.2, 0) is 0 Å². The second-order valence-corrected chi connectivity index (χ2v) is 4.10. The Morgan fingerprint density at radius 2 is 2.00 bits per heavy atom. The van der Waals surface area contributed by atoms with Crippen molar-refractivity contribution in [3.8, 4) is 0 Å². The summed E-state index contributed by atoms with van der Waals surface area (Å²) in [5.41, 5.74) is 0. The summed E-state index contributed by atoms with van der Waals surface area (Å²) in [6, 6.07) is 0. The molecule has 1 heteroatoms.